The number of hydrazone groups is 1. The third-order valence-electron chi connectivity index (χ3n) is 6.14. The monoisotopic (exact) mass is 496 g/mol. The second kappa shape index (κ2) is 8.92. The molecule has 8 nitrogen and oxygen atoms in total. The summed E-state index contributed by atoms with van der Waals surface area (Å²) in [6.07, 6.45) is 1.52. The van der Waals surface area contributed by atoms with Crippen molar-refractivity contribution in [1.82, 2.24) is 9.99 Å². The molecule has 3 aromatic rings. The average molecular weight is 497 g/mol. The molecule has 0 aliphatic carbocycles. The predicted octanol–water partition coefficient (Wildman–Crippen LogP) is 3.69. The topological polar surface area (TPSA) is 100 Å². The fourth-order valence-electron chi connectivity index (χ4n) is 4.26. The van der Waals surface area contributed by atoms with Crippen molar-refractivity contribution >= 4 is 59.7 Å². The van der Waals surface area contributed by atoms with Gasteiger partial charge in [0.25, 0.3) is 5.91 Å². The molecule has 2 aliphatic heterocycles. The van der Waals surface area contributed by atoms with Crippen LogP contribution in [0.4, 0.5) is 10.8 Å². The normalized spacial score (nSPS) is 19.9. The lowest BCUT2D eigenvalue weighted by Crippen LogP contribution is -2.44. The van der Waals surface area contributed by atoms with Crippen molar-refractivity contribution in [3.8, 4) is 0 Å². The van der Waals surface area contributed by atoms with E-state index in [0.29, 0.717) is 17.2 Å². The van der Waals surface area contributed by atoms with Gasteiger partial charge in [-0.25, -0.2) is 18.4 Å². The van der Waals surface area contributed by atoms with Crippen molar-refractivity contribution < 1.29 is 18.0 Å². The Labute approximate surface area is 201 Å². The maximum Gasteiger partial charge on any atom is 0.280 e. The molecule has 2 amide bonds. The predicted molar refractivity (Wildman–Crippen MR) is 133 cm³/mol. The van der Waals surface area contributed by atoms with Crippen LogP contribution in [-0.4, -0.2) is 53.5 Å². The number of aryl methyl sites for hydroxylation is 1. The van der Waals surface area contributed by atoms with E-state index in [-0.39, 0.29) is 41.9 Å². The zero-order valence-corrected chi connectivity index (χ0v) is 20.3. The third-order valence-corrected chi connectivity index (χ3v) is 8.91. The van der Waals surface area contributed by atoms with Gasteiger partial charge < -0.3 is 0 Å². The zero-order valence-electron chi connectivity index (χ0n) is 18.7. The standard InChI is InChI=1S/C24H24N4O4S2/c1-2-16-7-9-17(10-8-16)27(24-25-19-5-3-4-6-21(19)33-24)23(30)20-11-12-22(29)28(26-20)18-13-14-34(31,32)15-18/h3-10,18H,2,11-15H2,1H3. The molecule has 10 heteroatoms. The highest BCUT2D eigenvalue weighted by Crippen LogP contribution is 2.34. The molecule has 1 atom stereocenters. The molecule has 1 saturated heterocycles. The van der Waals surface area contributed by atoms with E-state index in [0.717, 1.165) is 22.2 Å². The maximum absolute atomic E-state index is 13.8. The van der Waals surface area contributed by atoms with E-state index < -0.39 is 15.9 Å². The van der Waals surface area contributed by atoms with Gasteiger partial charge in [0.15, 0.2) is 15.0 Å². The van der Waals surface area contributed by atoms with Crippen LogP contribution in [0.3, 0.4) is 0 Å². The van der Waals surface area contributed by atoms with E-state index in [1.165, 1.54) is 16.3 Å². The molecule has 2 aromatic carbocycles. The van der Waals surface area contributed by atoms with Gasteiger partial charge in [-0.1, -0.05) is 42.5 Å². The Balaban J connectivity index is 1.54. The molecule has 0 saturated carbocycles. The third kappa shape index (κ3) is 4.35. The number of thiazole rings is 1. The van der Waals surface area contributed by atoms with E-state index in [1.807, 2.05) is 48.5 Å². The Morgan fingerprint density at radius 1 is 1.15 bits per heavy atom. The number of fused-ring (bicyclic) bond motifs is 1. The van der Waals surface area contributed by atoms with Crippen molar-refractivity contribution in [2.75, 3.05) is 16.4 Å². The number of sulfone groups is 1. The molecular formula is C24H24N4O4S2. The SMILES string of the molecule is CCc1ccc(N(C(=O)C2=NN(C3CCS(=O)(=O)C3)C(=O)CC2)c2nc3ccccc3s2)cc1. The summed E-state index contributed by atoms with van der Waals surface area (Å²) < 4.78 is 24.9. The molecule has 2 aliphatic rings. The Hall–Kier alpha value is -3.11. The first kappa shape index (κ1) is 22.7. The smallest absolute Gasteiger partial charge is 0.273 e. The molecule has 34 heavy (non-hydrogen) atoms. The number of nitrogens with zero attached hydrogens (tertiary/aromatic N) is 4. The van der Waals surface area contributed by atoms with E-state index in [9.17, 15) is 18.0 Å². The first-order chi connectivity index (χ1) is 16.3. The summed E-state index contributed by atoms with van der Waals surface area (Å²) in [7, 11) is -3.20. The lowest BCUT2D eigenvalue weighted by molar-refractivity contribution is -0.133. The summed E-state index contributed by atoms with van der Waals surface area (Å²) in [5.74, 6) is -0.704. The molecule has 0 radical (unpaired) electrons. The molecule has 0 spiro atoms. The van der Waals surface area contributed by atoms with Crippen LogP contribution in [0.25, 0.3) is 10.2 Å². The van der Waals surface area contributed by atoms with Crippen LogP contribution in [0.1, 0.15) is 31.7 Å². The highest BCUT2D eigenvalue weighted by Gasteiger charge is 2.38. The molecular weight excluding hydrogens is 472 g/mol. The van der Waals surface area contributed by atoms with Crippen LogP contribution in [0, 0.1) is 0 Å². The molecule has 0 bridgehead atoms. The second-order valence-electron chi connectivity index (χ2n) is 8.47. The van der Waals surface area contributed by atoms with Gasteiger partial charge in [-0.15, -0.1) is 0 Å². The van der Waals surface area contributed by atoms with Gasteiger partial charge in [-0.2, -0.15) is 5.10 Å². The van der Waals surface area contributed by atoms with Crippen molar-refractivity contribution in [3.63, 3.8) is 0 Å². The minimum atomic E-state index is -3.20. The van der Waals surface area contributed by atoms with Crippen molar-refractivity contribution in [2.45, 2.75) is 38.6 Å². The summed E-state index contributed by atoms with van der Waals surface area (Å²) in [5.41, 5.74) is 2.83. The van der Waals surface area contributed by atoms with Gasteiger partial charge >= 0.3 is 0 Å². The summed E-state index contributed by atoms with van der Waals surface area (Å²) in [4.78, 5) is 32.6. The number of hydrogen-bond acceptors (Lipinski definition) is 7. The Bertz CT molecular complexity index is 1360. The Kier molecular flexibility index (Phi) is 5.95. The van der Waals surface area contributed by atoms with E-state index in [1.54, 1.807) is 4.90 Å². The molecule has 1 aromatic heterocycles. The van der Waals surface area contributed by atoms with Crippen LogP contribution in [0.15, 0.2) is 53.6 Å². The van der Waals surface area contributed by atoms with E-state index >= 15 is 0 Å². The Morgan fingerprint density at radius 3 is 2.59 bits per heavy atom. The molecule has 176 valence electrons. The van der Waals surface area contributed by atoms with Crippen molar-refractivity contribution in [2.24, 2.45) is 5.10 Å². The maximum atomic E-state index is 13.8. The number of carbonyl (C=O) groups excluding carboxylic acids is 2. The quantitative estimate of drug-likeness (QED) is 0.536. The van der Waals surface area contributed by atoms with Crippen LogP contribution >= 0.6 is 11.3 Å². The Morgan fingerprint density at radius 2 is 1.91 bits per heavy atom. The van der Waals surface area contributed by atoms with Gasteiger partial charge in [0.2, 0.25) is 5.91 Å². The van der Waals surface area contributed by atoms with Crippen LogP contribution in [0.5, 0.6) is 0 Å². The van der Waals surface area contributed by atoms with Gasteiger partial charge in [0, 0.05) is 12.8 Å². The summed E-state index contributed by atoms with van der Waals surface area (Å²) in [6, 6.07) is 14.9. The van der Waals surface area contributed by atoms with Crippen molar-refractivity contribution in [1.29, 1.82) is 0 Å². The highest BCUT2D eigenvalue weighted by molar-refractivity contribution is 7.91. The number of benzene rings is 2. The number of aromatic nitrogens is 1. The largest absolute Gasteiger partial charge is 0.280 e. The number of hydrogen-bond donors (Lipinski definition) is 0. The summed E-state index contributed by atoms with van der Waals surface area (Å²) in [6.45, 7) is 2.07. The zero-order chi connectivity index (χ0) is 23.9. The molecule has 1 unspecified atom stereocenters. The van der Waals surface area contributed by atoms with Gasteiger partial charge in [0.1, 0.15) is 5.71 Å². The first-order valence-corrected chi connectivity index (χ1v) is 13.9. The second-order valence-corrected chi connectivity index (χ2v) is 11.7. The lowest BCUT2D eigenvalue weighted by Gasteiger charge is -2.29. The average Bonchev–Trinajstić information content (AvgIpc) is 3.42. The minimum absolute atomic E-state index is 0.0296. The fraction of sp³-hybridized carbons (Fsp3) is 0.333. The van der Waals surface area contributed by atoms with E-state index in [2.05, 4.69) is 17.0 Å². The van der Waals surface area contributed by atoms with E-state index in [4.69, 9.17) is 0 Å². The fourth-order valence-corrected chi connectivity index (χ4v) is 6.94. The molecule has 3 heterocycles. The first-order valence-electron chi connectivity index (χ1n) is 11.2. The number of anilines is 2. The van der Waals surface area contributed by atoms with Gasteiger partial charge in [-0.05, 0) is 42.7 Å². The van der Waals surface area contributed by atoms with Crippen LogP contribution in [-0.2, 0) is 25.8 Å². The molecule has 5 rings (SSSR count). The van der Waals surface area contributed by atoms with Crippen LogP contribution in [0.2, 0.25) is 0 Å². The van der Waals surface area contributed by atoms with Gasteiger partial charge in [0.05, 0.1) is 33.5 Å². The molecule has 0 N–H and O–H groups in total. The minimum Gasteiger partial charge on any atom is -0.273 e. The lowest BCUT2D eigenvalue weighted by atomic mass is 10.1. The van der Waals surface area contributed by atoms with Crippen LogP contribution < -0.4 is 4.90 Å². The van der Waals surface area contributed by atoms with Gasteiger partial charge in [-0.3, -0.25) is 14.5 Å². The summed E-state index contributed by atoms with van der Waals surface area (Å²) in [5, 5.41) is 6.13. The summed E-state index contributed by atoms with van der Waals surface area (Å²) >= 11 is 1.41. The van der Waals surface area contributed by atoms with Crippen molar-refractivity contribution in [3.05, 3.63) is 54.1 Å². The highest BCUT2D eigenvalue weighted by atomic mass is 32.2. The molecule has 1 fully saturated rings. The number of rotatable bonds is 5. The number of para-hydroxylation sites is 1. The number of amides is 2. The number of carbonyl (C=O) groups is 2.